The first-order chi connectivity index (χ1) is 10.3. The molecule has 1 aliphatic rings. The van der Waals surface area contributed by atoms with E-state index in [9.17, 15) is 14.3 Å². The Kier molecular flexibility index (Phi) is 4.86. The van der Waals surface area contributed by atoms with Crippen LogP contribution < -0.4 is 0 Å². The molecule has 0 unspecified atom stereocenters. The molecule has 0 radical (unpaired) electrons. The number of carbonyl (C=O) groups is 1. The summed E-state index contributed by atoms with van der Waals surface area (Å²) in [5.74, 6) is -0.344. The molecule has 0 aliphatic carbocycles. The van der Waals surface area contributed by atoms with E-state index < -0.39 is 5.60 Å². The number of hydrogen-bond acceptors (Lipinski definition) is 3. The van der Waals surface area contributed by atoms with Crippen LogP contribution in [0.5, 0.6) is 0 Å². The Morgan fingerprint density at radius 2 is 2.14 bits per heavy atom. The van der Waals surface area contributed by atoms with Gasteiger partial charge in [0.2, 0.25) is 0 Å². The molecule has 1 aromatic rings. The van der Waals surface area contributed by atoms with Gasteiger partial charge in [0.1, 0.15) is 11.4 Å². The second kappa shape index (κ2) is 6.48. The first kappa shape index (κ1) is 16.5. The zero-order valence-electron chi connectivity index (χ0n) is 13.2. The number of carbonyl (C=O) groups excluding carboxylic acids is 1. The van der Waals surface area contributed by atoms with E-state index in [1.807, 2.05) is 26.8 Å². The van der Waals surface area contributed by atoms with Crippen LogP contribution in [0.25, 0.3) is 5.57 Å². The van der Waals surface area contributed by atoms with Gasteiger partial charge in [0.15, 0.2) is 0 Å². The van der Waals surface area contributed by atoms with Crippen molar-refractivity contribution < 1.29 is 19.0 Å². The minimum Gasteiger partial charge on any atom is -0.444 e. The lowest BCUT2D eigenvalue weighted by atomic mass is 9.94. The standard InChI is InChI=1S/C17H22FNO3/c1-17(2,3)22-16(21)19-9-7-12(8-10-19)15-13(11-20)5-4-6-14(15)18/h4-7,20H,8-11H2,1-3H3. The van der Waals surface area contributed by atoms with Crippen molar-refractivity contribution >= 4 is 11.7 Å². The van der Waals surface area contributed by atoms with Crippen LogP contribution in [0, 0.1) is 5.82 Å². The third kappa shape index (κ3) is 3.85. The van der Waals surface area contributed by atoms with Crippen molar-refractivity contribution in [3.8, 4) is 0 Å². The molecule has 120 valence electrons. The summed E-state index contributed by atoms with van der Waals surface area (Å²) in [6.07, 6.45) is 2.00. The number of ether oxygens (including phenoxy) is 1. The molecule has 1 aliphatic heterocycles. The Labute approximate surface area is 130 Å². The second-order valence-electron chi connectivity index (χ2n) is 6.34. The van der Waals surface area contributed by atoms with Gasteiger partial charge in [0.05, 0.1) is 6.61 Å². The van der Waals surface area contributed by atoms with Gasteiger partial charge in [-0.1, -0.05) is 18.2 Å². The molecule has 1 N–H and O–H groups in total. The van der Waals surface area contributed by atoms with E-state index >= 15 is 0 Å². The fourth-order valence-corrected chi connectivity index (χ4v) is 2.45. The molecule has 1 aromatic carbocycles. The van der Waals surface area contributed by atoms with Crippen molar-refractivity contribution in [2.24, 2.45) is 0 Å². The summed E-state index contributed by atoms with van der Waals surface area (Å²) in [7, 11) is 0. The van der Waals surface area contributed by atoms with Gasteiger partial charge in [0, 0.05) is 18.7 Å². The molecular formula is C17H22FNO3. The van der Waals surface area contributed by atoms with Gasteiger partial charge >= 0.3 is 6.09 Å². The van der Waals surface area contributed by atoms with E-state index in [4.69, 9.17) is 4.74 Å². The summed E-state index contributed by atoms with van der Waals surface area (Å²) in [5, 5.41) is 9.36. The summed E-state index contributed by atoms with van der Waals surface area (Å²) in [4.78, 5) is 13.6. The van der Waals surface area contributed by atoms with E-state index in [0.29, 0.717) is 30.6 Å². The number of aliphatic hydroxyl groups excluding tert-OH is 1. The van der Waals surface area contributed by atoms with Gasteiger partial charge in [-0.05, 0) is 44.4 Å². The van der Waals surface area contributed by atoms with Crippen molar-refractivity contribution in [1.82, 2.24) is 4.90 Å². The number of amides is 1. The Hall–Kier alpha value is -1.88. The minimum atomic E-state index is -0.531. The first-order valence-electron chi connectivity index (χ1n) is 7.37. The molecule has 1 amide bonds. The third-order valence-electron chi connectivity index (χ3n) is 3.45. The van der Waals surface area contributed by atoms with Gasteiger partial charge in [-0.25, -0.2) is 9.18 Å². The molecule has 0 saturated carbocycles. The normalized spacial score (nSPS) is 15.5. The van der Waals surface area contributed by atoms with Crippen molar-refractivity contribution in [3.05, 3.63) is 41.2 Å². The molecule has 1 heterocycles. The lowest BCUT2D eigenvalue weighted by molar-refractivity contribution is 0.0270. The number of benzene rings is 1. The summed E-state index contributed by atoms with van der Waals surface area (Å²) in [6, 6.07) is 4.68. The van der Waals surface area contributed by atoms with Gasteiger partial charge in [-0.15, -0.1) is 0 Å². The Morgan fingerprint density at radius 3 is 2.68 bits per heavy atom. The second-order valence-corrected chi connectivity index (χ2v) is 6.34. The largest absolute Gasteiger partial charge is 0.444 e. The summed E-state index contributed by atoms with van der Waals surface area (Å²) in [5.41, 5.74) is 1.31. The van der Waals surface area contributed by atoms with Crippen LogP contribution in [0.2, 0.25) is 0 Å². The quantitative estimate of drug-likeness (QED) is 0.911. The predicted molar refractivity (Wildman–Crippen MR) is 82.7 cm³/mol. The Morgan fingerprint density at radius 1 is 1.41 bits per heavy atom. The van der Waals surface area contributed by atoms with Crippen LogP contribution in [-0.2, 0) is 11.3 Å². The smallest absolute Gasteiger partial charge is 0.410 e. The zero-order chi connectivity index (χ0) is 16.3. The molecule has 5 heteroatoms. The molecular weight excluding hydrogens is 285 g/mol. The van der Waals surface area contributed by atoms with E-state index in [1.54, 1.807) is 17.0 Å². The molecule has 0 saturated heterocycles. The molecule has 22 heavy (non-hydrogen) atoms. The minimum absolute atomic E-state index is 0.208. The summed E-state index contributed by atoms with van der Waals surface area (Å²) in [6.45, 7) is 6.11. The van der Waals surface area contributed by atoms with Crippen LogP contribution in [-0.4, -0.2) is 34.8 Å². The maximum atomic E-state index is 14.0. The Bertz CT molecular complexity index is 590. The van der Waals surface area contributed by atoms with Crippen LogP contribution in [0.3, 0.4) is 0 Å². The SMILES string of the molecule is CC(C)(C)OC(=O)N1CC=C(c2c(F)cccc2CO)CC1. The highest BCUT2D eigenvalue weighted by atomic mass is 19.1. The van der Waals surface area contributed by atoms with Gasteiger partial charge in [-0.3, -0.25) is 0 Å². The number of aliphatic hydroxyl groups is 1. The molecule has 0 spiro atoms. The fraction of sp³-hybridized carbons (Fsp3) is 0.471. The lowest BCUT2D eigenvalue weighted by Gasteiger charge is -2.30. The van der Waals surface area contributed by atoms with Crippen LogP contribution in [0.4, 0.5) is 9.18 Å². The van der Waals surface area contributed by atoms with E-state index in [2.05, 4.69) is 0 Å². The van der Waals surface area contributed by atoms with Crippen molar-refractivity contribution in [1.29, 1.82) is 0 Å². The van der Waals surface area contributed by atoms with Gasteiger partial charge < -0.3 is 14.7 Å². The van der Waals surface area contributed by atoms with E-state index in [1.165, 1.54) is 6.07 Å². The van der Waals surface area contributed by atoms with E-state index in [-0.39, 0.29) is 18.5 Å². The topological polar surface area (TPSA) is 49.8 Å². The maximum absolute atomic E-state index is 14.0. The molecule has 0 atom stereocenters. The molecule has 2 rings (SSSR count). The fourth-order valence-electron chi connectivity index (χ4n) is 2.45. The third-order valence-corrected chi connectivity index (χ3v) is 3.45. The number of halogens is 1. The van der Waals surface area contributed by atoms with Crippen LogP contribution in [0.15, 0.2) is 24.3 Å². The number of hydrogen-bond donors (Lipinski definition) is 1. The van der Waals surface area contributed by atoms with Gasteiger partial charge in [-0.2, -0.15) is 0 Å². The molecule has 0 fully saturated rings. The molecule has 4 nitrogen and oxygen atoms in total. The highest BCUT2D eigenvalue weighted by Gasteiger charge is 2.25. The van der Waals surface area contributed by atoms with Crippen molar-refractivity contribution in [2.75, 3.05) is 13.1 Å². The summed E-state index contributed by atoms with van der Waals surface area (Å²) < 4.78 is 19.4. The van der Waals surface area contributed by atoms with Gasteiger partial charge in [0.25, 0.3) is 0 Å². The van der Waals surface area contributed by atoms with Crippen LogP contribution >= 0.6 is 0 Å². The monoisotopic (exact) mass is 307 g/mol. The van der Waals surface area contributed by atoms with Crippen molar-refractivity contribution in [3.63, 3.8) is 0 Å². The highest BCUT2D eigenvalue weighted by molar-refractivity contribution is 5.74. The number of nitrogens with zero attached hydrogens (tertiary/aromatic N) is 1. The highest BCUT2D eigenvalue weighted by Crippen LogP contribution is 2.28. The van der Waals surface area contributed by atoms with Crippen molar-refractivity contribution in [2.45, 2.75) is 39.4 Å². The Balaban J connectivity index is 2.14. The average Bonchev–Trinajstić information content (AvgIpc) is 2.45. The predicted octanol–water partition coefficient (Wildman–Crippen LogP) is 3.34. The average molecular weight is 307 g/mol. The maximum Gasteiger partial charge on any atom is 0.410 e. The van der Waals surface area contributed by atoms with Crippen LogP contribution in [0.1, 0.15) is 38.3 Å². The first-order valence-corrected chi connectivity index (χ1v) is 7.37. The van der Waals surface area contributed by atoms with E-state index in [0.717, 1.165) is 5.57 Å². The zero-order valence-corrected chi connectivity index (χ0v) is 13.2. The summed E-state index contributed by atoms with van der Waals surface area (Å²) >= 11 is 0. The lowest BCUT2D eigenvalue weighted by Crippen LogP contribution is -2.39. The number of rotatable bonds is 2. The molecule has 0 aromatic heterocycles. The molecule has 0 bridgehead atoms.